The Bertz CT molecular complexity index is 644. The fraction of sp³-hybridized carbons (Fsp3) is 0.375. The van der Waals surface area contributed by atoms with E-state index in [-0.39, 0.29) is 0 Å². The van der Waals surface area contributed by atoms with E-state index in [2.05, 4.69) is 22.2 Å². The topological polar surface area (TPSA) is 64.3 Å². The smallest absolute Gasteiger partial charge is 0.161 e. The number of benzene rings is 1. The quantitative estimate of drug-likeness (QED) is 0.874. The predicted molar refractivity (Wildman–Crippen MR) is 92.1 cm³/mol. The zero-order chi connectivity index (χ0) is 15.4. The molecule has 0 saturated carbocycles. The molecule has 0 spiro atoms. The average molecular weight is 316 g/mol. The molecule has 2 N–H and O–H groups in total. The van der Waals surface area contributed by atoms with Crippen molar-refractivity contribution in [2.24, 2.45) is 0 Å². The first-order valence-electron chi connectivity index (χ1n) is 7.32. The van der Waals surface area contributed by atoms with Gasteiger partial charge in [-0.1, -0.05) is 12.1 Å². The molecular formula is C16H20N4OS. The van der Waals surface area contributed by atoms with E-state index in [1.807, 2.05) is 24.3 Å². The highest BCUT2D eigenvalue weighted by Gasteiger charge is 2.15. The van der Waals surface area contributed by atoms with Crippen molar-refractivity contribution in [2.75, 3.05) is 43.2 Å². The van der Waals surface area contributed by atoms with E-state index in [1.54, 1.807) is 11.8 Å². The molecule has 5 nitrogen and oxygen atoms in total. The van der Waals surface area contributed by atoms with Crippen molar-refractivity contribution in [3.8, 4) is 11.4 Å². The summed E-state index contributed by atoms with van der Waals surface area (Å²) >= 11 is 1.76. The summed E-state index contributed by atoms with van der Waals surface area (Å²) in [5, 5.41) is 0. The average Bonchev–Trinajstić information content (AvgIpc) is 2.56. The van der Waals surface area contributed by atoms with Gasteiger partial charge in [-0.25, -0.2) is 9.97 Å². The van der Waals surface area contributed by atoms with E-state index in [1.165, 1.54) is 0 Å². The largest absolute Gasteiger partial charge is 0.399 e. The SMILES string of the molecule is CSCc1cc(N2CCOCC2)nc(-c2cccc(N)c2)n1. The number of thioether (sulfide) groups is 1. The number of anilines is 2. The fourth-order valence-corrected chi connectivity index (χ4v) is 2.91. The van der Waals surface area contributed by atoms with Crippen molar-refractivity contribution >= 4 is 23.3 Å². The second-order valence-electron chi connectivity index (χ2n) is 5.20. The van der Waals surface area contributed by atoms with E-state index in [4.69, 9.17) is 15.5 Å². The summed E-state index contributed by atoms with van der Waals surface area (Å²) in [6, 6.07) is 9.80. The van der Waals surface area contributed by atoms with Crippen molar-refractivity contribution < 1.29 is 4.74 Å². The van der Waals surface area contributed by atoms with Gasteiger partial charge in [0.15, 0.2) is 5.82 Å². The fourth-order valence-electron chi connectivity index (χ4n) is 2.47. The second kappa shape index (κ2) is 6.98. The number of nitrogens with zero attached hydrogens (tertiary/aromatic N) is 3. The Morgan fingerprint density at radius 2 is 2.05 bits per heavy atom. The maximum absolute atomic E-state index is 5.89. The Balaban J connectivity index is 1.99. The number of nitrogens with two attached hydrogens (primary N) is 1. The highest BCUT2D eigenvalue weighted by atomic mass is 32.2. The van der Waals surface area contributed by atoms with Gasteiger partial charge in [-0.05, 0) is 18.4 Å². The number of rotatable bonds is 4. The number of aromatic nitrogens is 2. The molecule has 0 bridgehead atoms. The van der Waals surface area contributed by atoms with Gasteiger partial charge >= 0.3 is 0 Å². The molecule has 1 aromatic heterocycles. The van der Waals surface area contributed by atoms with Gasteiger partial charge in [-0.2, -0.15) is 11.8 Å². The summed E-state index contributed by atoms with van der Waals surface area (Å²) in [7, 11) is 0. The van der Waals surface area contributed by atoms with Crippen LogP contribution < -0.4 is 10.6 Å². The van der Waals surface area contributed by atoms with Crippen LogP contribution in [0.5, 0.6) is 0 Å². The molecule has 22 heavy (non-hydrogen) atoms. The van der Waals surface area contributed by atoms with Gasteiger partial charge in [0, 0.05) is 36.2 Å². The molecule has 0 amide bonds. The van der Waals surface area contributed by atoms with Crippen LogP contribution in [0.25, 0.3) is 11.4 Å². The summed E-state index contributed by atoms with van der Waals surface area (Å²) < 4.78 is 5.42. The van der Waals surface area contributed by atoms with Crippen LogP contribution >= 0.6 is 11.8 Å². The molecule has 1 fully saturated rings. The van der Waals surface area contributed by atoms with Crippen LogP contribution in [0.15, 0.2) is 30.3 Å². The van der Waals surface area contributed by atoms with Crippen molar-refractivity contribution in [3.63, 3.8) is 0 Å². The van der Waals surface area contributed by atoms with E-state index >= 15 is 0 Å². The molecule has 116 valence electrons. The molecule has 6 heteroatoms. The van der Waals surface area contributed by atoms with Crippen LogP contribution in [0.4, 0.5) is 11.5 Å². The van der Waals surface area contributed by atoms with Crippen molar-refractivity contribution in [1.82, 2.24) is 9.97 Å². The van der Waals surface area contributed by atoms with Crippen LogP contribution in [0, 0.1) is 0 Å². The highest BCUT2D eigenvalue weighted by Crippen LogP contribution is 2.23. The summed E-state index contributed by atoms with van der Waals surface area (Å²) in [6.07, 6.45) is 2.08. The third kappa shape index (κ3) is 3.51. The summed E-state index contributed by atoms with van der Waals surface area (Å²) in [5.74, 6) is 2.58. The van der Waals surface area contributed by atoms with Gasteiger partial charge in [0.05, 0.1) is 18.9 Å². The van der Waals surface area contributed by atoms with Crippen LogP contribution in [0.1, 0.15) is 5.69 Å². The van der Waals surface area contributed by atoms with Crippen LogP contribution in [0.3, 0.4) is 0 Å². The minimum absolute atomic E-state index is 0.726. The molecule has 1 aliphatic heterocycles. The molecule has 3 rings (SSSR count). The maximum Gasteiger partial charge on any atom is 0.161 e. The third-order valence-corrected chi connectivity index (χ3v) is 4.12. The monoisotopic (exact) mass is 316 g/mol. The molecule has 0 radical (unpaired) electrons. The van der Waals surface area contributed by atoms with Gasteiger partial charge < -0.3 is 15.4 Å². The number of nitrogen functional groups attached to an aromatic ring is 1. The van der Waals surface area contributed by atoms with Gasteiger partial charge in [0.25, 0.3) is 0 Å². The Morgan fingerprint density at radius 3 is 2.77 bits per heavy atom. The van der Waals surface area contributed by atoms with Crippen LogP contribution in [0.2, 0.25) is 0 Å². The Kier molecular flexibility index (Phi) is 4.80. The highest BCUT2D eigenvalue weighted by molar-refractivity contribution is 7.97. The Hall–Kier alpha value is -1.79. The number of hydrogen-bond donors (Lipinski definition) is 1. The maximum atomic E-state index is 5.89. The molecule has 0 aliphatic carbocycles. The van der Waals surface area contributed by atoms with Gasteiger partial charge in [0.2, 0.25) is 0 Å². The zero-order valence-corrected chi connectivity index (χ0v) is 13.5. The summed E-state index contributed by atoms with van der Waals surface area (Å²) in [4.78, 5) is 11.7. The number of ether oxygens (including phenoxy) is 1. The van der Waals surface area contributed by atoms with Crippen LogP contribution in [-0.4, -0.2) is 42.5 Å². The van der Waals surface area contributed by atoms with Gasteiger partial charge in [-0.3, -0.25) is 0 Å². The van der Waals surface area contributed by atoms with Crippen molar-refractivity contribution in [2.45, 2.75) is 5.75 Å². The predicted octanol–water partition coefficient (Wildman–Crippen LogP) is 2.43. The van der Waals surface area contributed by atoms with Crippen molar-refractivity contribution in [1.29, 1.82) is 0 Å². The molecule has 0 atom stereocenters. The first-order chi connectivity index (χ1) is 10.8. The Labute approximate surface area is 134 Å². The molecule has 2 aromatic rings. The van der Waals surface area contributed by atoms with Crippen LogP contribution in [-0.2, 0) is 10.5 Å². The normalized spacial score (nSPS) is 15.0. The molecule has 1 aromatic carbocycles. The first-order valence-corrected chi connectivity index (χ1v) is 8.71. The number of morpholine rings is 1. The van der Waals surface area contributed by atoms with Crippen molar-refractivity contribution in [3.05, 3.63) is 36.0 Å². The standard InChI is InChI=1S/C16H20N4OS/c1-22-11-14-10-15(20-5-7-21-8-6-20)19-16(18-14)12-3-2-4-13(17)9-12/h2-4,9-10H,5-8,11,17H2,1H3. The molecular weight excluding hydrogens is 296 g/mol. The van der Waals surface area contributed by atoms with Gasteiger partial charge in [0.1, 0.15) is 5.82 Å². The lowest BCUT2D eigenvalue weighted by molar-refractivity contribution is 0.122. The lowest BCUT2D eigenvalue weighted by atomic mass is 10.2. The molecule has 1 saturated heterocycles. The summed E-state index contributed by atoms with van der Waals surface area (Å²) in [5.41, 5.74) is 8.61. The minimum Gasteiger partial charge on any atom is -0.399 e. The molecule has 2 heterocycles. The van der Waals surface area contributed by atoms with E-state index in [0.717, 1.165) is 60.6 Å². The van der Waals surface area contributed by atoms with E-state index in [0.29, 0.717) is 0 Å². The number of hydrogen-bond acceptors (Lipinski definition) is 6. The van der Waals surface area contributed by atoms with E-state index < -0.39 is 0 Å². The lowest BCUT2D eigenvalue weighted by Crippen LogP contribution is -2.37. The minimum atomic E-state index is 0.726. The molecule has 1 aliphatic rings. The van der Waals surface area contributed by atoms with E-state index in [9.17, 15) is 0 Å². The van der Waals surface area contributed by atoms with Gasteiger partial charge in [-0.15, -0.1) is 0 Å². The second-order valence-corrected chi connectivity index (χ2v) is 6.07. The molecule has 0 unspecified atom stereocenters. The first kappa shape index (κ1) is 15.1. The Morgan fingerprint density at radius 1 is 1.23 bits per heavy atom. The lowest BCUT2D eigenvalue weighted by Gasteiger charge is -2.28. The summed E-state index contributed by atoms with van der Waals surface area (Å²) in [6.45, 7) is 3.23. The third-order valence-electron chi connectivity index (χ3n) is 3.54. The zero-order valence-electron chi connectivity index (χ0n) is 12.7.